The Kier molecular flexibility index (Phi) is 6.11. The highest BCUT2D eigenvalue weighted by atomic mass is 15.4. The molecule has 0 amide bonds. The van der Waals surface area contributed by atoms with E-state index in [1.165, 1.54) is 66.2 Å². The van der Waals surface area contributed by atoms with Gasteiger partial charge in [0.25, 0.3) is 0 Å². The molecule has 0 aromatic heterocycles. The third-order valence-corrected chi connectivity index (χ3v) is 10.0. The summed E-state index contributed by atoms with van der Waals surface area (Å²) in [5, 5.41) is 9.07. The lowest BCUT2D eigenvalue weighted by Gasteiger charge is -2.37. The van der Waals surface area contributed by atoms with E-state index in [1.807, 2.05) is 0 Å². The first-order valence-electron chi connectivity index (χ1n) is 16.2. The number of rotatable bonds is 4. The van der Waals surface area contributed by atoms with Crippen molar-refractivity contribution in [2.24, 2.45) is 0 Å². The molecular formula is C44H34N2. The highest BCUT2D eigenvalue weighted by molar-refractivity contribution is 6.19. The van der Waals surface area contributed by atoms with Crippen molar-refractivity contribution in [3.8, 4) is 11.1 Å². The number of fused-ring (bicyclic) bond motifs is 4. The SMILES string of the molecule is CC1(c2ccccc2)Nc2ccccc2N1c1ccc(-c2c3ccccc3c(C3=Cc4ccccc4CC3)c3ccccc23)cc1. The molecule has 2 aliphatic rings. The van der Waals surface area contributed by atoms with Crippen molar-refractivity contribution in [3.63, 3.8) is 0 Å². The summed E-state index contributed by atoms with van der Waals surface area (Å²) >= 11 is 0. The maximum Gasteiger partial charge on any atom is 0.138 e. The summed E-state index contributed by atoms with van der Waals surface area (Å²) in [6.45, 7) is 2.27. The number of anilines is 3. The molecule has 2 nitrogen and oxygen atoms in total. The van der Waals surface area contributed by atoms with Crippen molar-refractivity contribution in [1.82, 2.24) is 0 Å². The van der Waals surface area contributed by atoms with E-state index in [0.717, 1.165) is 24.2 Å². The van der Waals surface area contributed by atoms with Gasteiger partial charge in [-0.25, -0.2) is 0 Å². The summed E-state index contributed by atoms with van der Waals surface area (Å²) in [5.74, 6) is 0. The Balaban J connectivity index is 1.21. The maximum absolute atomic E-state index is 3.83. The highest BCUT2D eigenvalue weighted by Gasteiger charge is 2.41. The van der Waals surface area contributed by atoms with Crippen molar-refractivity contribution in [3.05, 3.63) is 174 Å². The zero-order chi connectivity index (χ0) is 30.7. The molecule has 0 radical (unpaired) electrons. The lowest BCUT2D eigenvalue weighted by atomic mass is 9.82. The fraction of sp³-hybridized carbons (Fsp3) is 0.0909. The number of aryl methyl sites for hydroxylation is 1. The molecule has 1 aliphatic carbocycles. The van der Waals surface area contributed by atoms with Gasteiger partial charge in [0.15, 0.2) is 0 Å². The molecule has 0 bridgehead atoms. The molecule has 1 heterocycles. The van der Waals surface area contributed by atoms with E-state index in [9.17, 15) is 0 Å². The highest BCUT2D eigenvalue weighted by Crippen LogP contribution is 2.50. The standard InChI is InChI=1S/C44H34N2/c1-44(34-15-3-2-4-16-34)45-40-21-11-12-22-41(40)46(44)35-27-25-31(26-28-35)42-36-17-7-9-19-38(36)43(39-20-10-8-18-37(39)42)33-24-23-30-13-5-6-14-32(30)29-33/h2-22,25-29,45H,23-24H2,1H3. The molecule has 9 rings (SSSR count). The Morgan fingerprint density at radius 1 is 0.543 bits per heavy atom. The van der Waals surface area contributed by atoms with Crippen LogP contribution in [0.15, 0.2) is 152 Å². The zero-order valence-corrected chi connectivity index (χ0v) is 25.9. The van der Waals surface area contributed by atoms with Crippen LogP contribution in [0.3, 0.4) is 0 Å². The first-order valence-corrected chi connectivity index (χ1v) is 16.2. The smallest absolute Gasteiger partial charge is 0.138 e. The molecule has 46 heavy (non-hydrogen) atoms. The molecule has 7 aromatic carbocycles. The van der Waals surface area contributed by atoms with Gasteiger partial charge in [-0.05, 0) is 105 Å². The first kappa shape index (κ1) is 26.8. The van der Waals surface area contributed by atoms with Crippen molar-refractivity contribution < 1.29 is 0 Å². The van der Waals surface area contributed by atoms with Crippen molar-refractivity contribution in [2.45, 2.75) is 25.4 Å². The molecular weight excluding hydrogens is 556 g/mol. The summed E-state index contributed by atoms with van der Waals surface area (Å²) in [5.41, 5.74) is 12.4. The van der Waals surface area contributed by atoms with Crippen molar-refractivity contribution >= 4 is 50.3 Å². The van der Waals surface area contributed by atoms with E-state index in [4.69, 9.17) is 0 Å². The van der Waals surface area contributed by atoms with Crippen LogP contribution in [0, 0.1) is 0 Å². The number of allylic oxidation sites excluding steroid dienone is 1. The largest absolute Gasteiger partial charge is 0.357 e. The fourth-order valence-electron chi connectivity index (χ4n) is 7.89. The van der Waals surface area contributed by atoms with Crippen molar-refractivity contribution in [2.75, 3.05) is 10.2 Å². The topological polar surface area (TPSA) is 15.3 Å². The Morgan fingerprint density at radius 2 is 1.13 bits per heavy atom. The predicted octanol–water partition coefficient (Wildman–Crippen LogP) is 11.6. The second kappa shape index (κ2) is 10.5. The zero-order valence-electron chi connectivity index (χ0n) is 25.9. The number of benzene rings is 7. The minimum atomic E-state index is -0.417. The third kappa shape index (κ3) is 4.10. The maximum atomic E-state index is 3.83. The minimum absolute atomic E-state index is 0.417. The van der Waals surface area contributed by atoms with E-state index in [0.29, 0.717) is 0 Å². The van der Waals surface area contributed by atoms with Gasteiger partial charge in [0, 0.05) is 5.69 Å². The predicted molar refractivity (Wildman–Crippen MR) is 196 cm³/mol. The van der Waals surface area contributed by atoms with Gasteiger partial charge in [0.05, 0.1) is 11.4 Å². The van der Waals surface area contributed by atoms with Crippen LogP contribution in [0.4, 0.5) is 17.1 Å². The second-order valence-corrected chi connectivity index (χ2v) is 12.7. The molecule has 1 atom stereocenters. The molecule has 0 spiro atoms. The summed E-state index contributed by atoms with van der Waals surface area (Å²) in [6, 6.07) is 55.4. The van der Waals surface area contributed by atoms with Gasteiger partial charge in [0.2, 0.25) is 0 Å². The number of para-hydroxylation sites is 2. The number of hydrogen-bond donors (Lipinski definition) is 1. The van der Waals surface area contributed by atoms with Crippen LogP contribution in [0.25, 0.3) is 44.3 Å². The summed E-state index contributed by atoms with van der Waals surface area (Å²) in [4.78, 5) is 2.44. The Morgan fingerprint density at radius 3 is 1.85 bits per heavy atom. The Labute approximate surface area is 270 Å². The summed E-state index contributed by atoms with van der Waals surface area (Å²) in [7, 11) is 0. The van der Waals surface area contributed by atoms with Gasteiger partial charge in [0.1, 0.15) is 5.66 Å². The van der Waals surface area contributed by atoms with Gasteiger partial charge in [-0.1, -0.05) is 133 Å². The molecule has 0 fully saturated rings. The van der Waals surface area contributed by atoms with E-state index in [1.54, 1.807) is 0 Å². The molecule has 0 saturated heterocycles. The van der Waals surface area contributed by atoms with Crippen LogP contribution in [-0.4, -0.2) is 0 Å². The van der Waals surface area contributed by atoms with E-state index in [-0.39, 0.29) is 0 Å². The summed E-state index contributed by atoms with van der Waals surface area (Å²) in [6.07, 6.45) is 4.54. The lowest BCUT2D eigenvalue weighted by Crippen LogP contribution is -2.42. The summed E-state index contributed by atoms with van der Waals surface area (Å²) < 4.78 is 0. The van der Waals surface area contributed by atoms with Gasteiger partial charge in [-0.2, -0.15) is 0 Å². The number of hydrogen-bond acceptors (Lipinski definition) is 2. The molecule has 0 saturated carbocycles. The van der Waals surface area contributed by atoms with Crippen LogP contribution >= 0.6 is 0 Å². The van der Waals surface area contributed by atoms with E-state index >= 15 is 0 Å². The van der Waals surface area contributed by atoms with E-state index < -0.39 is 5.66 Å². The molecule has 1 N–H and O–H groups in total. The quantitative estimate of drug-likeness (QED) is 0.205. The second-order valence-electron chi connectivity index (χ2n) is 12.7. The molecule has 2 heteroatoms. The average Bonchev–Trinajstić information content (AvgIpc) is 3.43. The van der Waals surface area contributed by atoms with Gasteiger partial charge >= 0.3 is 0 Å². The van der Waals surface area contributed by atoms with E-state index in [2.05, 4.69) is 175 Å². The molecule has 1 unspecified atom stereocenters. The lowest BCUT2D eigenvalue weighted by molar-refractivity contribution is 0.577. The molecule has 220 valence electrons. The molecule has 1 aliphatic heterocycles. The Bertz CT molecular complexity index is 2240. The molecule has 7 aromatic rings. The van der Waals surface area contributed by atoms with Gasteiger partial charge in [-0.3, -0.25) is 0 Å². The van der Waals surface area contributed by atoms with Crippen LogP contribution in [0.2, 0.25) is 0 Å². The van der Waals surface area contributed by atoms with Crippen LogP contribution < -0.4 is 10.2 Å². The monoisotopic (exact) mass is 590 g/mol. The third-order valence-electron chi connectivity index (χ3n) is 10.0. The first-order chi connectivity index (χ1) is 22.7. The average molecular weight is 591 g/mol. The van der Waals surface area contributed by atoms with Gasteiger partial charge in [-0.15, -0.1) is 0 Å². The Hall–Kier alpha value is -5.60. The normalized spacial score (nSPS) is 17.0. The minimum Gasteiger partial charge on any atom is -0.357 e. The van der Waals surface area contributed by atoms with Crippen molar-refractivity contribution in [1.29, 1.82) is 0 Å². The fourth-order valence-corrected chi connectivity index (χ4v) is 7.89. The number of nitrogens with zero attached hydrogens (tertiary/aromatic N) is 1. The van der Waals surface area contributed by atoms with Gasteiger partial charge < -0.3 is 10.2 Å². The van der Waals surface area contributed by atoms with Crippen LogP contribution in [0.5, 0.6) is 0 Å². The number of nitrogens with one attached hydrogen (secondary N) is 1. The van der Waals surface area contributed by atoms with Crippen LogP contribution in [-0.2, 0) is 12.1 Å². The van der Waals surface area contributed by atoms with Crippen LogP contribution in [0.1, 0.15) is 35.6 Å².